The number of thioether (sulfide) groups is 2. The number of nitrogens with zero attached hydrogens (tertiary/aromatic N) is 1. The van der Waals surface area contributed by atoms with Crippen molar-refractivity contribution in [1.82, 2.24) is 4.98 Å². The Kier molecular flexibility index (Phi) is 48.6. The number of hydrogen-bond acceptors (Lipinski definition) is 50. The van der Waals surface area contributed by atoms with Crippen LogP contribution >= 0.6 is 34.9 Å². The molecule has 42 atom stereocenters. The van der Waals surface area contributed by atoms with Gasteiger partial charge in [-0.25, -0.2) is 4.98 Å². The quantitative estimate of drug-likeness (QED) is 0.0138. The highest BCUT2D eigenvalue weighted by molar-refractivity contribution is 7.99. The van der Waals surface area contributed by atoms with Crippen molar-refractivity contribution in [2.45, 2.75) is 360 Å². The predicted octanol–water partition coefficient (Wildman–Crippen LogP) is -5.90. The molecule has 0 aliphatic carbocycles. The van der Waals surface area contributed by atoms with Gasteiger partial charge >= 0.3 is 29.8 Å². The Labute approximate surface area is 837 Å². The van der Waals surface area contributed by atoms with Gasteiger partial charge in [0.15, 0.2) is 44.0 Å². The highest BCUT2D eigenvalue weighted by Crippen LogP contribution is 2.43. The summed E-state index contributed by atoms with van der Waals surface area (Å²) in [5, 5.41) is 250. The topological polar surface area (TPSA) is 770 Å². The monoisotopic (exact) mass is 2110 g/mol. The number of aliphatic hydroxyl groups is 20. The molecular weight excluding hydrogens is 1970 g/mol. The van der Waals surface area contributed by atoms with Crippen LogP contribution in [0.5, 0.6) is 0 Å². The summed E-state index contributed by atoms with van der Waals surface area (Å²) in [4.78, 5) is 93.1. The number of unbranched alkanes of at least 4 members (excludes halogenated alkanes) is 2. The van der Waals surface area contributed by atoms with Crippen LogP contribution in [0, 0.1) is 36.0 Å². The predicted molar refractivity (Wildman–Crippen MR) is 491 cm³/mol. The number of Topliss-reactive ketones (excluding diaryl/α,β-unsaturated/α-hetero) is 2. The number of aryl methyl sites for hydroxylation is 1. The van der Waals surface area contributed by atoms with Gasteiger partial charge in [0.25, 0.3) is 0 Å². The minimum Gasteiger partial charge on any atom is -0.481 e. The standard InChI is InChI=1S/C58H94O41S2.C33H50N2O6S/c1-3-19(50(80)81)14-100-16-26-48-34(71)41(78)57(91-26)96-46-24(12-62)87-53(37(74)30(46)67)93-43-21(9-59)86-52(36(73)29(43)66)94-44-23(11-61)90-56(40(77)33(44)70)99-49-27(17-101-15-20(51(82)83)8-28(65)85-7-6-84-5-4-18(2)64)92-58(42(79)35(49)72)97-47-25(13-63)88-54(38(75)31(47)68)95-45-22(10-60)89-55(98-48)39(76)32(45)69;1-21-12-11-13-22(2)31(38)24(4)32(39)33(6,7)28(41-29(36)14-9-8-10-17-34)19-30(37)40-27(16-15-21)23(3)18-26-20-42-25(5)35-26/h19-27,29-49,52-63,66-79H,3-17H2,1-2H3,(H,80,81)(H,82,83);11,13,15,18,20,22,24,27-28,31,38H,8-10,12,14,16-17,19,34H2,1-7H3/b;13-11-,21-15-,23-18+/t19?,20?,21?,22?,23?,24?,25?,26?,27?,29-,30-,31-,32-,33-,34-,35-,36?,37?,38?,39?,40?,41?,42?,43-,44-,45-,46-,47-,48-,49-,52-,53-,54-,55-,56-,57-,58-;22-,24+,27-,28-,31-/m10/s1. The number of carbonyl (C=O) groups excluding carboxylic acids is 5. The number of cyclic esters (lactones) is 1. The first kappa shape index (κ1) is 121. The van der Waals surface area contributed by atoms with Gasteiger partial charge < -0.3 is 203 Å². The van der Waals surface area contributed by atoms with E-state index in [4.69, 9.17) is 91.0 Å². The molecule has 16 unspecified atom stereocenters. The van der Waals surface area contributed by atoms with Crippen molar-refractivity contribution in [3.05, 3.63) is 45.5 Å². The maximum Gasteiger partial charge on any atom is 0.310 e. The molecule has 49 nitrogen and oxygen atoms in total. The van der Waals surface area contributed by atoms with Crippen LogP contribution in [0.15, 0.2) is 34.8 Å². The molecule has 0 amide bonds. The Balaban J connectivity index is 0.000000453. The molecule has 23 rings (SSSR count). The molecule has 1 aromatic heterocycles. The molecular formula is C91H144N2O47S3. The molecule has 0 saturated carbocycles. The fourth-order valence-corrected chi connectivity index (χ4v) is 20.5. The SMILES string of the molecule is C/C1=C/C[C@@H](/C(C)=C/c2csc(C)n2)OC(=O)C[C@H](OC(=O)CCCCCN)C(C)(C)C(=O)[C@H](C)[C@@H](O)[C@@H](C)/C=C\C1.CCC(CSCC1O[C@@H]2O[C@@H]3C(CO)O[C@H](O[C@@H]4C(CO)O[C@H](O[C@@H]5C(CO)O[C@H](O[C@@H]6C(CSCC(CC(=O)OCCOCCC(C)=O)C(=O)O)O[C@H](O[C@@H]7C(CO)O[C@H](O[C@@H]8C(CO)O[C@H](O[C@H]1[C@H](O)C2O)C(O)[C@H]8O)C(O)[C@H]7O)C(O)[C@H]6O)C(O)[C@H]5O)C(O)[C@H]4O)C(O)[C@H]3O)C(=O)O. The lowest BCUT2D eigenvalue weighted by Gasteiger charge is -2.50. The number of carbonyl (C=O) groups is 7. The van der Waals surface area contributed by atoms with Crippen LogP contribution < -0.4 is 5.73 Å². The van der Waals surface area contributed by atoms with Gasteiger partial charge in [0.1, 0.15) is 189 Å². The van der Waals surface area contributed by atoms with Crippen LogP contribution in [0.4, 0.5) is 0 Å². The lowest BCUT2D eigenvalue weighted by molar-refractivity contribution is -0.395. The summed E-state index contributed by atoms with van der Waals surface area (Å²) in [5.74, 6) is -9.86. The number of carboxylic acid groups (broad SMARTS) is 2. The normalized spacial score (nSPS) is 40.5. The largest absolute Gasteiger partial charge is 0.481 e. The first-order valence-corrected chi connectivity index (χ1v) is 50.8. The zero-order valence-electron chi connectivity index (χ0n) is 80.7. The Bertz CT molecular complexity index is 4210. The van der Waals surface area contributed by atoms with Crippen LogP contribution in [0.3, 0.4) is 0 Å². The van der Waals surface area contributed by atoms with Crippen molar-refractivity contribution in [2.75, 3.05) is 82.4 Å². The lowest BCUT2D eigenvalue weighted by Crippen LogP contribution is -2.68. The molecule has 0 radical (unpaired) electrons. The van der Waals surface area contributed by atoms with E-state index in [1.807, 2.05) is 57.4 Å². The molecule has 52 heteroatoms. The van der Waals surface area contributed by atoms with Crippen molar-refractivity contribution in [3.8, 4) is 0 Å². The second kappa shape index (κ2) is 57.3. The number of hydrogen-bond donors (Lipinski definition) is 23. The maximum atomic E-state index is 13.8. The first-order chi connectivity index (χ1) is 67.8. The van der Waals surface area contributed by atoms with Crippen molar-refractivity contribution < 1.29 is 231 Å². The van der Waals surface area contributed by atoms with Gasteiger partial charge in [0.05, 0.1) is 105 Å². The van der Waals surface area contributed by atoms with E-state index in [2.05, 4.69) is 4.98 Å². The molecule has 21 fully saturated rings. The summed E-state index contributed by atoms with van der Waals surface area (Å²) in [5.41, 5.74) is 7.04. The molecule has 24 N–H and O–H groups in total. The number of aliphatic carboxylic acids is 2. The van der Waals surface area contributed by atoms with Gasteiger partial charge in [-0.05, 0) is 85.4 Å². The first-order valence-electron chi connectivity index (χ1n) is 47.6. The molecule has 22 aliphatic heterocycles. The van der Waals surface area contributed by atoms with Gasteiger partial charge in [-0.1, -0.05) is 51.0 Å². The minimum atomic E-state index is -2.32. The van der Waals surface area contributed by atoms with E-state index in [0.717, 1.165) is 58.2 Å². The highest BCUT2D eigenvalue weighted by Gasteiger charge is 2.61. The van der Waals surface area contributed by atoms with Crippen LogP contribution in [0.2, 0.25) is 0 Å². The van der Waals surface area contributed by atoms with E-state index in [-0.39, 0.29) is 74.5 Å². The summed E-state index contributed by atoms with van der Waals surface area (Å²) >= 11 is 3.23. The van der Waals surface area contributed by atoms with Crippen molar-refractivity contribution in [2.24, 2.45) is 34.8 Å². The number of esters is 3. The third kappa shape index (κ3) is 32.2. The van der Waals surface area contributed by atoms with Gasteiger partial charge in [-0.2, -0.15) is 23.5 Å². The smallest absolute Gasteiger partial charge is 0.310 e. The Hall–Kier alpha value is -5.20. The maximum absolute atomic E-state index is 13.8. The van der Waals surface area contributed by atoms with Crippen molar-refractivity contribution >= 4 is 82.3 Å². The molecule has 143 heavy (non-hydrogen) atoms. The zero-order valence-corrected chi connectivity index (χ0v) is 83.1. The number of thiazole rings is 1. The Morgan fingerprint density at radius 3 is 1.25 bits per heavy atom. The number of aliphatic hydroxyl groups excluding tert-OH is 20. The summed E-state index contributed by atoms with van der Waals surface area (Å²) in [6.07, 6.45) is -64.4. The molecule has 818 valence electrons. The molecule has 1 aromatic rings. The summed E-state index contributed by atoms with van der Waals surface area (Å²) in [7, 11) is 0. The average molecular weight is 2110 g/mol. The summed E-state index contributed by atoms with van der Waals surface area (Å²) < 4.78 is 105. The lowest BCUT2D eigenvalue weighted by atomic mass is 9.73. The molecule has 0 aromatic carbocycles. The molecule has 21 saturated heterocycles. The van der Waals surface area contributed by atoms with Crippen molar-refractivity contribution in [3.63, 3.8) is 0 Å². The van der Waals surface area contributed by atoms with Gasteiger partial charge in [-0.3, -0.25) is 33.6 Å². The van der Waals surface area contributed by atoms with Gasteiger partial charge in [-0.15, -0.1) is 11.3 Å². The van der Waals surface area contributed by atoms with E-state index >= 15 is 0 Å². The molecule has 23 heterocycles. The highest BCUT2D eigenvalue weighted by atomic mass is 32.2. The summed E-state index contributed by atoms with van der Waals surface area (Å²) in [6.45, 7) is 10.3. The zero-order chi connectivity index (χ0) is 105. The minimum absolute atomic E-state index is 0.0382. The van der Waals surface area contributed by atoms with E-state index in [0.29, 0.717) is 25.8 Å². The molecule has 22 aliphatic rings. The number of ether oxygens (including phenoxy) is 18. The van der Waals surface area contributed by atoms with Crippen LogP contribution in [0.25, 0.3) is 6.08 Å². The Morgan fingerprint density at radius 1 is 0.510 bits per heavy atom. The van der Waals surface area contributed by atoms with Crippen molar-refractivity contribution in [1.29, 1.82) is 0 Å². The number of ketones is 2. The van der Waals surface area contributed by atoms with Crippen LogP contribution in [-0.2, 0) is 119 Å². The number of allylic oxidation sites excluding steroid dienone is 2. The second-order valence-corrected chi connectivity index (χ2v) is 40.6. The van der Waals surface area contributed by atoms with E-state index in [9.17, 15) is 146 Å². The fourth-order valence-electron chi connectivity index (χ4n) is 17.5. The summed E-state index contributed by atoms with van der Waals surface area (Å²) in [6, 6.07) is 0. The Morgan fingerprint density at radius 2 is 0.895 bits per heavy atom. The number of carboxylic acids is 2. The van der Waals surface area contributed by atoms with Crippen LogP contribution in [0.1, 0.15) is 130 Å². The number of rotatable bonds is 32. The van der Waals surface area contributed by atoms with E-state index in [1.54, 1.807) is 39.0 Å². The molecule has 0 spiro atoms. The third-order valence-electron chi connectivity index (χ3n) is 26.3. The van der Waals surface area contributed by atoms with Gasteiger partial charge in [0, 0.05) is 59.5 Å². The third-order valence-corrected chi connectivity index (χ3v) is 29.5. The number of nitrogens with two attached hydrogens (primary N) is 1. The molecule has 14 bridgehead atoms. The van der Waals surface area contributed by atoms with Gasteiger partial charge in [0.2, 0.25) is 0 Å². The fraction of sp³-hybridized carbons (Fsp3) is 0.824. The van der Waals surface area contributed by atoms with E-state index in [1.165, 1.54) is 6.92 Å². The van der Waals surface area contributed by atoms with Crippen LogP contribution in [-0.4, -0.2) is 474 Å². The average Bonchev–Trinajstić information content (AvgIpc) is 1.06. The second-order valence-electron chi connectivity index (χ2n) is 37.4. The number of aromatic nitrogens is 1. The van der Waals surface area contributed by atoms with E-state index < -0.39 is 337 Å².